The van der Waals surface area contributed by atoms with Crippen molar-refractivity contribution in [3.8, 4) is 17.4 Å². The van der Waals surface area contributed by atoms with Gasteiger partial charge in [0.15, 0.2) is 0 Å². The molecule has 1 amide bonds. The van der Waals surface area contributed by atoms with Crippen LogP contribution in [0.5, 0.6) is 17.4 Å². The number of aromatic hydroxyl groups is 1. The Morgan fingerprint density at radius 1 is 1.11 bits per heavy atom. The normalized spacial score (nSPS) is 10.4. The minimum absolute atomic E-state index is 0.209. The van der Waals surface area contributed by atoms with Gasteiger partial charge in [0.2, 0.25) is 5.88 Å². The monoisotopic (exact) mass is 363 g/mol. The van der Waals surface area contributed by atoms with E-state index < -0.39 is 0 Å². The molecule has 0 aliphatic heterocycles. The summed E-state index contributed by atoms with van der Waals surface area (Å²) < 4.78 is 5.72. The standard InChI is InChI=1S/C21H21N3O3/c22-14-15-8-10-23-20(12-15)27-18-6-3-5-17(13-18)21(26)24-11-9-16-4-1-2-7-19(16)25/h1-8,10,12-13,25H,9,11,14,22H2,(H,24,26). The van der Waals surface area contributed by atoms with Crippen LogP contribution in [0.25, 0.3) is 0 Å². The molecule has 3 rings (SSSR count). The summed E-state index contributed by atoms with van der Waals surface area (Å²) >= 11 is 0. The number of carbonyl (C=O) groups is 1. The maximum absolute atomic E-state index is 12.4. The second kappa shape index (κ2) is 8.82. The van der Waals surface area contributed by atoms with Gasteiger partial charge in [-0.25, -0.2) is 4.98 Å². The Hall–Kier alpha value is -3.38. The second-order valence-corrected chi connectivity index (χ2v) is 5.97. The predicted octanol–water partition coefficient (Wildman–Crippen LogP) is 3.01. The lowest BCUT2D eigenvalue weighted by atomic mass is 10.1. The van der Waals surface area contributed by atoms with E-state index in [1.807, 2.05) is 18.2 Å². The fraction of sp³-hybridized carbons (Fsp3) is 0.143. The summed E-state index contributed by atoms with van der Waals surface area (Å²) in [5, 5.41) is 12.6. The second-order valence-electron chi connectivity index (χ2n) is 5.97. The van der Waals surface area contributed by atoms with Crippen molar-refractivity contribution < 1.29 is 14.6 Å². The van der Waals surface area contributed by atoms with Crippen LogP contribution in [0.2, 0.25) is 0 Å². The fourth-order valence-electron chi connectivity index (χ4n) is 2.59. The number of rotatable bonds is 7. The molecule has 0 spiro atoms. The number of para-hydroxylation sites is 1. The number of carbonyl (C=O) groups excluding carboxylic acids is 1. The van der Waals surface area contributed by atoms with Gasteiger partial charge in [-0.1, -0.05) is 24.3 Å². The maximum Gasteiger partial charge on any atom is 0.251 e. The molecule has 3 aromatic rings. The van der Waals surface area contributed by atoms with E-state index in [0.29, 0.717) is 36.7 Å². The topological polar surface area (TPSA) is 97.5 Å². The molecule has 6 heteroatoms. The Kier molecular flexibility index (Phi) is 6.02. The van der Waals surface area contributed by atoms with Crippen molar-refractivity contribution >= 4 is 5.91 Å². The van der Waals surface area contributed by atoms with Gasteiger partial charge in [-0.3, -0.25) is 4.79 Å². The van der Waals surface area contributed by atoms with Crippen LogP contribution in [-0.4, -0.2) is 22.5 Å². The molecule has 0 aliphatic carbocycles. The van der Waals surface area contributed by atoms with Crippen molar-refractivity contribution in [2.75, 3.05) is 6.54 Å². The lowest BCUT2D eigenvalue weighted by Gasteiger charge is -2.09. The highest BCUT2D eigenvalue weighted by atomic mass is 16.5. The number of hydrogen-bond donors (Lipinski definition) is 3. The fourth-order valence-corrected chi connectivity index (χ4v) is 2.59. The lowest BCUT2D eigenvalue weighted by molar-refractivity contribution is 0.0953. The lowest BCUT2D eigenvalue weighted by Crippen LogP contribution is -2.25. The first kappa shape index (κ1) is 18.4. The molecule has 0 saturated carbocycles. The summed E-state index contributed by atoms with van der Waals surface area (Å²) in [7, 11) is 0. The van der Waals surface area contributed by atoms with Crippen LogP contribution in [-0.2, 0) is 13.0 Å². The molecule has 0 aliphatic rings. The summed E-state index contributed by atoms with van der Waals surface area (Å²) in [4.78, 5) is 16.5. The van der Waals surface area contributed by atoms with Crippen LogP contribution in [0.3, 0.4) is 0 Å². The summed E-state index contributed by atoms with van der Waals surface area (Å²) in [6, 6.07) is 17.5. The highest BCUT2D eigenvalue weighted by Gasteiger charge is 2.08. The van der Waals surface area contributed by atoms with Gasteiger partial charge < -0.3 is 20.9 Å². The number of phenolic OH excluding ortho intramolecular Hbond substituents is 1. The third-order valence-electron chi connectivity index (χ3n) is 4.03. The van der Waals surface area contributed by atoms with E-state index in [0.717, 1.165) is 11.1 Å². The molecule has 138 valence electrons. The summed E-state index contributed by atoms with van der Waals surface area (Å²) in [5.41, 5.74) is 7.81. The molecule has 0 fully saturated rings. The molecule has 2 aromatic carbocycles. The Labute approximate surface area is 157 Å². The molecule has 1 aromatic heterocycles. The van der Waals surface area contributed by atoms with Crippen LogP contribution in [0.15, 0.2) is 66.9 Å². The first-order chi connectivity index (χ1) is 13.2. The zero-order valence-electron chi connectivity index (χ0n) is 14.8. The Balaban J connectivity index is 1.60. The van der Waals surface area contributed by atoms with Gasteiger partial charge in [-0.2, -0.15) is 0 Å². The molecule has 1 heterocycles. The molecular formula is C21H21N3O3. The van der Waals surface area contributed by atoms with E-state index in [4.69, 9.17) is 10.5 Å². The summed E-state index contributed by atoms with van der Waals surface area (Å²) in [6.07, 6.45) is 2.18. The number of nitrogens with one attached hydrogen (secondary N) is 1. The molecule has 0 bridgehead atoms. The first-order valence-corrected chi connectivity index (χ1v) is 8.63. The van der Waals surface area contributed by atoms with Crippen molar-refractivity contribution in [2.24, 2.45) is 5.73 Å². The van der Waals surface area contributed by atoms with Crippen LogP contribution < -0.4 is 15.8 Å². The number of benzene rings is 2. The van der Waals surface area contributed by atoms with Gasteiger partial charge in [0.25, 0.3) is 5.91 Å². The van der Waals surface area contributed by atoms with Crippen LogP contribution >= 0.6 is 0 Å². The van der Waals surface area contributed by atoms with E-state index in [2.05, 4.69) is 10.3 Å². The number of nitrogens with zero attached hydrogens (tertiary/aromatic N) is 1. The van der Waals surface area contributed by atoms with E-state index in [1.54, 1.807) is 48.7 Å². The van der Waals surface area contributed by atoms with Crippen molar-refractivity contribution in [1.82, 2.24) is 10.3 Å². The van der Waals surface area contributed by atoms with Crippen molar-refractivity contribution in [3.05, 3.63) is 83.6 Å². The number of amides is 1. The quantitative estimate of drug-likeness (QED) is 0.599. The van der Waals surface area contributed by atoms with Gasteiger partial charge in [-0.15, -0.1) is 0 Å². The summed E-state index contributed by atoms with van der Waals surface area (Å²) in [5.74, 6) is 0.967. The Bertz CT molecular complexity index is 928. The Morgan fingerprint density at radius 2 is 1.96 bits per heavy atom. The Morgan fingerprint density at radius 3 is 2.78 bits per heavy atom. The average Bonchev–Trinajstić information content (AvgIpc) is 2.69. The molecule has 0 saturated heterocycles. The first-order valence-electron chi connectivity index (χ1n) is 8.63. The van der Waals surface area contributed by atoms with Crippen molar-refractivity contribution in [1.29, 1.82) is 0 Å². The molecule has 0 radical (unpaired) electrons. The molecule has 0 atom stereocenters. The SMILES string of the molecule is NCc1ccnc(Oc2cccc(C(=O)NCCc3ccccc3O)c2)c1. The van der Waals surface area contributed by atoms with Crippen molar-refractivity contribution in [2.45, 2.75) is 13.0 Å². The van der Waals surface area contributed by atoms with E-state index >= 15 is 0 Å². The smallest absolute Gasteiger partial charge is 0.251 e. The van der Waals surface area contributed by atoms with E-state index in [-0.39, 0.29) is 11.7 Å². The summed E-state index contributed by atoms with van der Waals surface area (Å²) in [6.45, 7) is 0.819. The average molecular weight is 363 g/mol. The van der Waals surface area contributed by atoms with Gasteiger partial charge in [0, 0.05) is 30.9 Å². The maximum atomic E-state index is 12.4. The number of pyridine rings is 1. The zero-order chi connectivity index (χ0) is 19.1. The van der Waals surface area contributed by atoms with Crippen molar-refractivity contribution in [3.63, 3.8) is 0 Å². The molecule has 4 N–H and O–H groups in total. The van der Waals surface area contributed by atoms with Crippen LogP contribution in [0.4, 0.5) is 0 Å². The predicted molar refractivity (Wildman–Crippen MR) is 103 cm³/mol. The highest BCUT2D eigenvalue weighted by Crippen LogP contribution is 2.21. The number of nitrogens with two attached hydrogens (primary N) is 1. The minimum Gasteiger partial charge on any atom is -0.508 e. The molecule has 27 heavy (non-hydrogen) atoms. The highest BCUT2D eigenvalue weighted by molar-refractivity contribution is 5.94. The van der Waals surface area contributed by atoms with Gasteiger partial charge in [0.1, 0.15) is 11.5 Å². The minimum atomic E-state index is -0.209. The molecular weight excluding hydrogens is 342 g/mol. The number of aromatic nitrogens is 1. The van der Waals surface area contributed by atoms with Gasteiger partial charge in [-0.05, 0) is 47.9 Å². The zero-order valence-corrected chi connectivity index (χ0v) is 14.8. The number of ether oxygens (including phenoxy) is 1. The molecule has 0 unspecified atom stereocenters. The van der Waals surface area contributed by atoms with Gasteiger partial charge in [0.05, 0.1) is 0 Å². The van der Waals surface area contributed by atoms with Crippen LogP contribution in [0, 0.1) is 0 Å². The largest absolute Gasteiger partial charge is 0.508 e. The van der Waals surface area contributed by atoms with E-state index in [9.17, 15) is 9.90 Å². The third kappa shape index (κ3) is 5.05. The number of hydrogen-bond acceptors (Lipinski definition) is 5. The third-order valence-corrected chi connectivity index (χ3v) is 4.03. The van der Waals surface area contributed by atoms with E-state index in [1.165, 1.54) is 0 Å². The van der Waals surface area contributed by atoms with Gasteiger partial charge >= 0.3 is 0 Å². The molecule has 6 nitrogen and oxygen atoms in total. The number of phenols is 1. The van der Waals surface area contributed by atoms with Crippen LogP contribution in [0.1, 0.15) is 21.5 Å².